The molecule has 148 valence electrons. The molecule has 1 heterocycles. The van der Waals surface area contributed by atoms with Crippen LogP contribution in [0.4, 0.5) is 10.5 Å². The standard InChI is InChI=1S/C20H29N3O4/c1-4-27-19(25)15-10-12-23(13-11-15)18(24)17(14(2)3)22-20(26)21-16-8-6-5-7-9-16/h5-9,14-15,17H,4,10-13H2,1-3H3,(H2,21,22,26). The molecule has 1 unspecified atom stereocenters. The first-order valence-electron chi connectivity index (χ1n) is 9.50. The van der Waals surface area contributed by atoms with Crippen LogP contribution in [0.2, 0.25) is 0 Å². The summed E-state index contributed by atoms with van der Waals surface area (Å²) in [7, 11) is 0. The van der Waals surface area contributed by atoms with E-state index < -0.39 is 12.1 Å². The Labute approximate surface area is 160 Å². The Morgan fingerprint density at radius 3 is 2.33 bits per heavy atom. The van der Waals surface area contributed by atoms with Crippen molar-refractivity contribution >= 4 is 23.6 Å². The van der Waals surface area contributed by atoms with Gasteiger partial charge in [0.2, 0.25) is 5.91 Å². The molecule has 1 aromatic carbocycles. The summed E-state index contributed by atoms with van der Waals surface area (Å²) in [4.78, 5) is 38.7. The maximum atomic E-state index is 12.9. The van der Waals surface area contributed by atoms with Crippen molar-refractivity contribution in [3.05, 3.63) is 30.3 Å². The number of piperidine rings is 1. The molecule has 0 aromatic heterocycles. The van der Waals surface area contributed by atoms with E-state index in [1.165, 1.54) is 0 Å². The second-order valence-electron chi connectivity index (χ2n) is 7.04. The normalized spacial score (nSPS) is 15.9. The van der Waals surface area contributed by atoms with Crippen LogP contribution in [-0.4, -0.2) is 48.5 Å². The lowest BCUT2D eigenvalue weighted by Crippen LogP contribution is -2.54. The number of carbonyl (C=O) groups is 3. The van der Waals surface area contributed by atoms with Crippen LogP contribution in [0.25, 0.3) is 0 Å². The summed E-state index contributed by atoms with van der Waals surface area (Å²) in [6, 6.07) is 8.06. The van der Waals surface area contributed by atoms with E-state index in [0.717, 1.165) is 0 Å². The number of rotatable bonds is 6. The zero-order chi connectivity index (χ0) is 19.8. The molecule has 27 heavy (non-hydrogen) atoms. The second kappa shape index (κ2) is 9.94. The summed E-state index contributed by atoms with van der Waals surface area (Å²) in [6.45, 7) is 6.94. The van der Waals surface area contributed by atoms with Crippen LogP contribution >= 0.6 is 0 Å². The maximum Gasteiger partial charge on any atom is 0.319 e. The van der Waals surface area contributed by atoms with Crippen LogP contribution in [0.15, 0.2) is 30.3 Å². The third kappa shape index (κ3) is 5.98. The smallest absolute Gasteiger partial charge is 0.319 e. The van der Waals surface area contributed by atoms with E-state index >= 15 is 0 Å². The van der Waals surface area contributed by atoms with Crippen LogP contribution in [0.1, 0.15) is 33.6 Å². The highest BCUT2D eigenvalue weighted by atomic mass is 16.5. The first kappa shape index (κ1) is 20.7. The van der Waals surface area contributed by atoms with Gasteiger partial charge in [0.25, 0.3) is 0 Å². The summed E-state index contributed by atoms with van der Waals surface area (Å²) in [6.07, 6.45) is 1.18. The first-order chi connectivity index (χ1) is 12.9. The zero-order valence-electron chi connectivity index (χ0n) is 16.2. The average Bonchev–Trinajstić information content (AvgIpc) is 2.66. The number of urea groups is 1. The highest BCUT2D eigenvalue weighted by Crippen LogP contribution is 2.20. The minimum atomic E-state index is -0.618. The average molecular weight is 375 g/mol. The summed E-state index contributed by atoms with van der Waals surface area (Å²) in [5.74, 6) is -0.511. The van der Waals surface area contributed by atoms with Gasteiger partial charge in [-0.1, -0.05) is 32.0 Å². The molecule has 0 bridgehead atoms. The van der Waals surface area contributed by atoms with Crippen LogP contribution in [0, 0.1) is 11.8 Å². The third-order valence-corrected chi connectivity index (χ3v) is 4.68. The molecule has 0 radical (unpaired) electrons. The van der Waals surface area contributed by atoms with Crippen LogP contribution < -0.4 is 10.6 Å². The summed E-state index contributed by atoms with van der Waals surface area (Å²) >= 11 is 0. The molecule has 2 N–H and O–H groups in total. The number of anilines is 1. The molecule has 0 saturated carbocycles. The van der Waals surface area contributed by atoms with Gasteiger partial charge in [0.15, 0.2) is 0 Å². The van der Waals surface area contributed by atoms with Gasteiger partial charge in [0.1, 0.15) is 6.04 Å². The van der Waals surface area contributed by atoms with Crippen LogP contribution in [0.3, 0.4) is 0 Å². The Hall–Kier alpha value is -2.57. The van der Waals surface area contributed by atoms with E-state index in [1.807, 2.05) is 32.0 Å². The summed E-state index contributed by atoms with van der Waals surface area (Å²) in [5, 5.41) is 5.52. The van der Waals surface area contributed by atoms with Gasteiger partial charge in [-0.3, -0.25) is 9.59 Å². The minimum absolute atomic E-state index is 0.0539. The van der Waals surface area contributed by atoms with Gasteiger partial charge < -0.3 is 20.3 Å². The number of benzene rings is 1. The van der Waals surface area contributed by atoms with Gasteiger partial charge in [-0.25, -0.2) is 4.79 Å². The molecule has 3 amide bonds. The third-order valence-electron chi connectivity index (χ3n) is 4.68. The summed E-state index contributed by atoms with van der Waals surface area (Å²) < 4.78 is 5.06. The fourth-order valence-corrected chi connectivity index (χ4v) is 3.14. The van der Waals surface area contributed by atoms with Crippen molar-refractivity contribution in [1.29, 1.82) is 0 Å². The number of nitrogens with zero attached hydrogens (tertiary/aromatic N) is 1. The van der Waals surface area contributed by atoms with E-state index in [-0.39, 0.29) is 23.7 Å². The predicted octanol–water partition coefficient (Wildman–Crippen LogP) is 2.63. The monoisotopic (exact) mass is 375 g/mol. The SMILES string of the molecule is CCOC(=O)C1CCN(C(=O)C(NC(=O)Nc2ccccc2)C(C)C)CC1. The lowest BCUT2D eigenvalue weighted by Gasteiger charge is -2.34. The number of hydrogen-bond acceptors (Lipinski definition) is 4. The van der Waals surface area contributed by atoms with Gasteiger partial charge in [-0.15, -0.1) is 0 Å². The Morgan fingerprint density at radius 2 is 1.78 bits per heavy atom. The molecule has 7 heteroatoms. The quantitative estimate of drug-likeness (QED) is 0.748. The molecule has 2 rings (SSSR count). The van der Waals surface area contributed by atoms with E-state index in [9.17, 15) is 14.4 Å². The van der Waals surface area contributed by atoms with Crippen LogP contribution in [0.5, 0.6) is 0 Å². The van der Waals surface area contributed by atoms with Gasteiger partial charge in [-0.2, -0.15) is 0 Å². The first-order valence-corrected chi connectivity index (χ1v) is 9.50. The highest BCUT2D eigenvalue weighted by molar-refractivity contribution is 5.93. The molecule has 1 aromatic rings. The zero-order valence-corrected chi connectivity index (χ0v) is 16.2. The van der Waals surface area contributed by atoms with Crippen molar-refractivity contribution in [3.63, 3.8) is 0 Å². The van der Waals surface area contributed by atoms with Crippen molar-refractivity contribution in [2.45, 2.75) is 39.7 Å². The van der Waals surface area contributed by atoms with E-state index in [0.29, 0.717) is 38.2 Å². The van der Waals surface area contributed by atoms with Gasteiger partial charge in [0.05, 0.1) is 12.5 Å². The lowest BCUT2D eigenvalue weighted by molar-refractivity contribution is -0.151. The van der Waals surface area contributed by atoms with Gasteiger partial charge >= 0.3 is 12.0 Å². The molecule has 7 nitrogen and oxygen atoms in total. The summed E-state index contributed by atoms with van der Waals surface area (Å²) in [5.41, 5.74) is 0.667. The van der Waals surface area contributed by atoms with E-state index in [4.69, 9.17) is 4.74 Å². The Morgan fingerprint density at radius 1 is 1.15 bits per heavy atom. The number of amides is 3. The van der Waals surface area contributed by atoms with Crippen molar-refractivity contribution in [2.75, 3.05) is 25.0 Å². The van der Waals surface area contributed by atoms with Crippen molar-refractivity contribution < 1.29 is 19.1 Å². The second-order valence-corrected chi connectivity index (χ2v) is 7.04. The predicted molar refractivity (Wildman–Crippen MR) is 103 cm³/mol. The fraction of sp³-hybridized carbons (Fsp3) is 0.550. The van der Waals surface area contributed by atoms with Crippen LogP contribution in [-0.2, 0) is 14.3 Å². The molecule has 1 aliphatic rings. The molecule has 0 spiro atoms. The van der Waals surface area contributed by atoms with Crippen molar-refractivity contribution in [3.8, 4) is 0 Å². The molecule has 1 saturated heterocycles. The lowest BCUT2D eigenvalue weighted by atomic mass is 9.95. The molecule has 0 aliphatic carbocycles. The molecular formula is C20H29N3O4. The Bertz CT molecular complexity index is 640. The molecule has 1 fully saturated rings. The number of hydrogen-bond donors (Lipinski definition) is 2. The largest absolute Gasteiger partial charge is 0.466 e. The maximum absolute atomic E-state index is 12.9. The number of esters is 1. The van der Waals surface area contributed by atoms with Gasteiger partial charge in [0, 0.05) is 18.8 Å². The number of para-hydroxylation sites is 1. The van der Waals surface area contributed by atoms with Crippen molar-refractivity contribution in [2.24, 2.45) is 11.8 Å². The van der Waals surface area contributed by atoms with Gasteiger partial charge in [-0.05, 0) is 37.8 Å². The molecule has 1 aliphatic heterocycles. The number of ether oxygens (including phenoxy) is 1. The minimum Gasteiger partial charge on any atom is -0.466 e. The number of likely N-dealkylation sites (tertiary alicyclic amines) is 1. The fourth-order valence-electron chi connectivity index (χ4n) is 3.14. The molecule has 1 atom stereocenters. The number of nitrogens with one attached hydrogen (secondary N) is 2. The van der Waals surface area contributed by atoms with Crippen molar-refractivity contribution in [1.82, 2.24) is 10.2 Å². The van der Waals surface area contributed by atoms with E-state index in [2.05, 4.69) is 10.6 Å². The molecular weight excluding hydrogens is 346 g/mol. The Balaban J connectivity index is 1.91. The topological polar surface area (TPSA) is 87.7 Å². The number of carbonyl (C=O) groups excluding carboxylic acids is 3. The Kier molecular flexibility index (Phi) is 7.64. The highest BCUT2D eigenvalue weighted by Gasteiger charge is 2.33. The van der Waals surface area contributed by atoms with E-state index in [1.54, 1.807) is 24.0 Å².